The van der Waals surface area contributed by atoms with Gasteiger partial charge in [0.05, 0.1) is 6.61 Å². The maximum atomic E-state index is 12.4. The summed E-state index contributed by atoms with van der Waals surface area (Å²) < 4.78 is 16.1. The van der Waals surface area contributed by atoms with Gasteiger partial charge in [-0.2, -0.15) is 0 Å². The predicted molar refractivity (Wildman–Crippen MR) is 101 cm³/mol. The molecule has 8 heteroatoms. The minimum atomic E-state index is -0.252. The molecule has 0 bridgehead atoms. The summed E-state index contributed by atoms with van der Waals surface area (Å²) >= 11 is 0. The van der Waals surface area contributed by atoms with Crippen molar-refractivity contribution in [2.24, 2.45) is 0 Å². The van der Waals surface area contributed by atoms with Crippen LogP contribution in [0.4, 0.5) is 0 Å². The Hall–Kier alpha value is -3.03. The molecule has 1 N–H and O–H groups in total. The van der Waals surface area contributed by atoms with Gasteiger partial charge in [-0.3, -0.25) is 9.59 Å². The second kappa shape index (κ2) is 9.25. The van der Waals surface area contributed by atoms with E-state index in [0.717, 1.165) is 0 Å². The van der Waals surface area contributed by atoms with Crippen molar-refractivity contribution in [3.63, 3.8) is 0 Å². The average molecular weight is 387 g/mol. The Labute approximate surface area is 163 Å². The number of carbonyl (C=O) groups is 2. The molecule has 1 fully saturated rings. The lowest BCUT2D eigenvalue weighted by Crippen LogP contribution is -2.47. The number of hydrogen-bond acceptors (Lipinski definition) is 6. The number of ether oxygens (including phenoxy) is 2. The molecule has 0 aliphatic carbocycles. The average Bonchev–Trinajstić information content (AvgIpc) is 3.14. The van der Waals surface area contributed by atoms with Crippen LogP contribution in [0.15, 0.2) is 34.9 Å². The molecule has 1 aromatic heterocycles. The van der Waals surface area contributed by atoms with Crippen LogP contribution in [0.3, 0.4) is 0 Å². The number of likely N-dealkylation sites (tertiary alicyclic amines) is 1. The lowest BCUT2D eigenvalue weighted by Gasteiger charge is -2.32. The molecule has 1 aromatic carbocycles. The number of nitrogens with zero attached hydrogens (tertiary/aromatic N) is 2. The Morgan fingerprint density at radius 1 is 1.21 bits per heavy atom. The zero-order valence-electron chi connectivity index (χ0n) is 16.1. The van der Waals surface area contributed by atoms with Crippen LogP contribution in [0.25, 0.3) is 0 Å². The topological polar surface area (TPSA) is 93.9 Å². The largest absolute Gasteiger partial charge is 0.490 e. The Balaban J connectivity index is 1.44. The normalized spacial score (nSPS) is 14.6. The van der Waals surface area contributed by atoms with Gasteiger partial charge in [0, 0.05) is 25.2 Å². The van der Waals surface area contributed by atoms with Crippen molar-refractivity contribution < 1.29 is 23.6 Å². The van der Waals surface area contributed by atoms with Crippen LogP contribution in [0, 0.1) is 6.92 Å². The van der Waals surface area contributed by atoms with E-state index in [9.17, 15) is 9.59 Å². The van der Waals surface area contributed by atoms with Crippen LogP contribution in [0.1, 0.15) is 36.0 Å². The molecule has 2 aromatic rings. The molecular formula is C20H25N3O5. The van der Waals surface area contributed by atoms with E-state index >= 15 is 0 Å². The van der Waals surface area contributed by atoms with E-state index < -0.39 is 0 Å². The van der Waals surface area contributed by atoms with Crippen LogP contribution in [0.2, 0.25) is 0 Å². The number of benzene rings is 1. The minimum absolute atomic E-state index is 0.00755. The molecule has 0 atom stereocenters. The highest BCUT2D eigenvalue weighted by Crippen LogP contribution is 2.26. The van der Waals surface area contributed by atoms with Crippen molar-refractivity contribution >= 4 is 11.8 Å². The van der Waals surface area contributed by atoms with E-state index in [4.69, 9.17) is 14.0 Å². The van der Waals surface area contributed by atoms with Crippen LogP contribution >= 0.6 is 0 Å². The number of aryl methyl sites for hydroxylation is 1. The third-order valence-corrected chi connectivity index (χ3v) is 4.54. The lowest BCUT2D eigenvalue weighted by molar-refractivity contribution is -0.134. The molecule has 150 valence electrons. The SMILES string of the molecule is CCOc1ccccc1OCC(=O)N1CCC(NC(=O)c2cc(C)on2)CC1. The van der Waals surface area contributed by atoms with Crippen LogP contribution in [-0.2, 0) is 4.79 Å². The summed E-state index contributed by atoms with van der Waals surface area (Å²) in [4.78, 5) is 26.3. The van der Waals surface area contributed by atoms with Gasteiger partial charge in [-0.15, -0.1) is 0 Å². The predicted octanol–water partition coefficient (Wildman–Crippen LogP) is 2.18. The van der Waals surface area contributed by atoms with Crippen LogP contribution in [-0.4, -0.2) is 54.2 Å². The first-order valence-corrected chi connectivity index (χ1v) is 9.43. The minimum Gasteiger partial charge on any atom is -0.490 e. The van der Waals surface area contributed by atoms with E-state index in [2.05, 4.69) is 10.5 Å². The van der Waals surface area contributed by atoms with Gasteiger partial charge in [-0.1, -0.05) is 17.3 Å². The number of carbonyl (C=O) groups excluding carboxylic acids is 2. The number of rotatable bonds is 7. The van der Waals surface area contributed by atoms with Crippen molar-refractivity contribution in [3.8, 4) is 11.5 Å². The zero-order valence-corrected chi connectivity index (χ0v) is 16.1. The van der Waals surface area contributed by atoms with E-state index in [0.29, 0.717) is 49.8 Å². The molecule has 1 aliphatic rings. The van der Waals surface area contributed by atoms with Gasteiger partial charge in [-0.25, -0.2) is 0 Å². The second-order valence-electron chi connectivity index (χ2n) is 6.62. The number of hydrogen-bond donors (Lipinski definition) is 1. The van der Waals surface area contributed by atoms with Crippen molar-refractivity contribution in [1.82, 2.24) is 15.4 Å². The molecule has 1 saturated heterocycles. The van der Waals surface area contributed by atoms with Gasteiger partial charge < -0.3 is 24.2 Å². The molecular weight excluding hydrogens is 362 g/mol. The molecule has 2 heterocycles. The summed E-state index contributed by atoms with van der Waals surface area (Å²) in [7, 11) is 0. The Kier molecular flexibility index (Phi) is 6.52. The molecule has 28 heavy (non-hydrogen) atoms. The lowest BCUT2D eigenvalue weighted by atomic mass is 10.0. The summed E-state index contributed by atoms with van der Waals surface area (Å²) in [5.41, 5.74) is 0.275. The zero-order chi connectivity index (χ0) is 19.9. The monoisotopic (exact) mass is 387 g/mol. The fourth-order valence-corrected chi connectivity index (χ4v) is 3.08. The van der Waals surface area contributed by atoms with Crippen LogP contribution < -0.4 is 14.8 Å². The first kappa shape index (κ1) is 19.7. The molecule has 3 rings (SSSR count). The van der Waals surface area contributed by atoms with Gasteiger partial charge in [0.1, 0.15) is 5.76 Å². The van der Waals surface area contributed by atoms with E-state index in [1.165, 1.54) is 0 Å². The molecule has 0 radical (unpaired) electrons. The van der Waals surface area contributed by atoms with Gasteiger partial charge in [0.2, 0.25) is 0 Å². The number of aromatic nitrogens is 1. The van der Waals surface area contributed by atoms with E-state index in [-0.39, 0.29) is 30.2 Å². The highest BCUT2D eigenvalue weighted by molar-refractivity contribution is 5.92. The van der Waals surface area contributed by atoms with Gasteiger partial charge in [0.15, 0.2) is 23.8 Å². The smallest absolute Gasteiger partial charge is 0.273 e. The summed E-state index contributed by atoms with van der Waals surface area (Å²) in [6.07, 6.45) is 1.37. The summed E-state index contributed by atoms with van der Waals surface area (Å²) in [5.74, 6) is 1.45. The second-order valence-corrected chi connectivity index (χ2v) is 6.62. The first-order chi connectivity index (χ1) is 13.6. The number of para-hydroxylation sites is 2. The van der Waals surface area contributed by atoms with Crippen molar-refractivity contribution in [2.45, 2.75) is 32.7 Å². The molecule has 0 saturated carbocycles. The maximum Gasteiger partial charge on any atom is 0.273 e. The quantitative estimate of drug-likeness (QED) is 0.783. The van der Waals surface area contributed by atoms with Gasteiger partial charge in [-0.05, 0) is 38.8 Å². The number of piperidine rings is 1. The molecule has 8 nitrogen and oxygen atoms in total. The van der Waals surface area contributed by atoms with E-state index in [1.54, 1.807) is 24.0 Å². The fourth-order valence-electron chi connectivity index (χ4n) is 3.08. The molecule has 2 amide bonds. The summed E-state index contributed by atoms with van der Waals surface area (Å²) in [5, 5.41) is 6.66. The highest BCUT2D eigenvalue weighted by Gasteiger charge is 2.25. The van der Waals surface area contributed by atoms with Gasteiger partial charge in [0.25, 0.3) is 11.8 Å². The first-order valence-electron chi connectivity index (χ1n) is 9.43. The van der Waals surface area contributed by atoms with E-state index in [1.807, 2.05) is 25.1 Å². The third-order valence-electron chi connectivity index (χ3n) is 4.54. The standard InChI is InChI=1S/C20H25N3O5/c1-3-26-17-6-4-5-7-18(17)27-13-19(24)23-10-8-15(9-11-23)21-20(25)16-12-14(2)28-22-16/h4-7,12,15H,3,8-11,13H2,1-2H3,(H,21,25). The Bertz CT molecular complexity index is 812. The summed E-state index contributed by atoms with van der Waals surface area (Å²) in [6, 6.07) is 8.91. The number of amides is 2. The fraction of sp³-hybridized carbons (Fsp3) is 0.450. The molecule has 0 spiro atoms. The Morgan fingerprint density at radius 2 is 1.89 bits per heavy atom. The molecule has 1 aliphatic heterocycles. The van der Waals surface area contributed by atoms with Crippen molar-refractivity contribution in [3.05, 3.63) is 41.8 Å². The summed E-state index contributed by atoms with van der Waals surface area (Å²) in [6.45, 7) is 5.26. The maximum absolute atomic E-state index is 12.4. The van der Waals surface area contributed by atoms with Crippen molar-refractivity contribution in [1.29, 1.82) is 0 Å². The Morgan fingerprint density at radius 3 is 2.50 bits per heavy atom. The van der Waals surface area contributed by atoms with Crippen molar-refractivity contribution in [2.75, 3.05) is 26.3 Å². The van der Waals surface area contributed by atoms with Crippen LogP contribution in [0.5, 0.6) is 11.5 Å². The highest BCUT2D eigenvalue weighted by atomic mass is 16.5. The number of nitrogens with one attached hydrogen (secondary N) is 1. The molecule has 0 unspecified atom stereocenters. The third kappa shape index (κ3) is 5.03. The van der Waals surface area contributed by atoms with Gasteiger partial charge >= 0.3 is 0 Å².